The summed E-state index contributed by atoms with van der Waals surface area (Å²) in [4.78, 5) is 0. The molecule has 1 aliphatic rings. The maximum Gasteiger partial charge on any atom is 0.347 e. The van der Waals surface area contributed by atoms with Crippen molar-refractivity contribution in [1.29, 1.82) is 0 Å². The highest BCUT2D eigenvalue weighted by Crippen LogP contribution is 2.37. The first-order valence-electron chi connectivity index (χ1n) is 5.18. The van der Waals surface area contributed by atoms with Crippen molar-refractivity contribution in [3.63, 3.8) is 0 Å². The van der Waals surface area contributed by atoms with E-state index in [1.165, 1.54) is 6.92 Å². The molecule has 2 rings (SSSR count). The second-order valence-electron chi connectivity index (χ2n) is 4.19. The van der Waals surface area contributed by atoms with Crippen LogP contribution in [0.5, 0.6) is 0 Å². The standard InChI is InChI=1S/C11H13ClO5/c1-8-7-9-5-3-4-6-10(9)11(2,16-8)17-12(13,14)15/h3-6,8H,7H2,1-2H3. The molecule has 1 aromatic carbocycles. The molecular weight excluding hydrogens is 248 g/mol. The second-order valence-corrected chi connectivity index (χ2v) is 5.10. The van der Waals surface area contributed by atoms with Crippen molar-refractivity contribution in [1.82, 2.24) is 0 Å². The summed E-state index contributed by atoms with van der Waals surface area (Å²) in [5, 5.41) is 0. The third kappa shape index (κ3) is 2.77. The zero-order valence-corrected chi connectivity index (χ0v) is 10.3. The predicted octanol–water partition coefficient (Wildman–Crippen LogP) is -1.27. The molecule has 1 heterocycles. The highest BCUT2D eigenvalue weighted by Gasteiger charge is 2.49. The highest BCUT2D eigenvalue weighted by molar-refractivity contribution is 5.32. The molecule has 0 saturated carbocycles. The van der Waals surface area contributed by atoms with Crippen molar-refractivity contribution in [3.05, 3.63) is 35.4 Å². The van der Waals surface area contributed by atoms with E-state index in [2.05, 4.69) is 4.29 Å². The molecule has 17 heavy (non-hydrogen) atoms. The summed E-state index contributed by atoms with van der Waals surface area (Å²) in [5.74, 6) is -1.55. The Hall–Kier alpha value is -0.690. The third-order valence-corrected chi connectivity index (χ3v) is 3.17. The van der Waals surface area contributed by atoms with Crippen molar-refractivity contribution >= 4 is 0 Å². The molecule has 0 fully saturated rings. The van der Waals surface area contributed by atoms with Crippen molar-refractivity contribution in [2.24, 2.45) is 0 Å². The van der Waals surface area contributed by atoms with E-state index in [-0.39, 0.29) is 6.10 Å². The van der Waals surface area contributed by atoms with Gasteiger partial charge in [0.25, 0.3) is 0 Å². The molecule has 2 atom stereocenters. The number of hydrogen-bond donors (Lipinski definition) is 0. The van der Waals surface area contributed by atoms with E-state index in [1.54, 1.807) is 19.1 Å². The van der Waals surface area contributed by atoms with Gasteiger partial charge in [0.2, 0.25) is 0 Å². The van der Waals surface area contributed by atoms with Gasteiger partial charge in [-0.3, -0.25) is 0 Å². The maximum atomic E-state index is 10.7. The fourth-order valence-corrected chi connectivity index (χ4v) is 2.66. The van der Waals surface area contributed by atoms with Crippen LogP contribution >= 0.6 is 0 Å². The van der Waals surface area contributed by atoms with Crippen LogP contribution < -0.4 is 14.0 Å². The fraction of sp³-hybridized carbons (Fsp3) is 0.455. The Bertz CT molecular complexity index is 417. The zero-order chi connectivity index (χ0) is 12.7. The number of hydrogen-bond acceptors (Lipinski definition) is 5. The van der Waals surface area contributed by atoms with E-state index in [1.807, 2.05) is 12.1 Å². The molecule has 0 aromatic heterocycles. The molecule has 5 nitrogen and oxygen atoms in total. The maximum absolute atomic E-state index is 10.7. The van der Waals surface area contributed by atoms with E-state index >= 15 is 0 Å². The number of benzene rings is 1. The molecule has 0 spiro atoms. The molecule has 6 heteroatoms. The molecule has 1 aliphatic heterocycles. The van der Waals surface area contributed by atoms with Gasteiger partial charge in [-0.05, 0) is 18.9 Å². The molecule has 0 bridgehead atoms. The number of rotatable bonds is 2. The zero-order valence-electron chi connectivity index (χ0n) is 9.51. The molecule has 2 unspecified atom stereocenters. The molecule has 1 aromatic rings. The normalized spacial score (nSPS) is 28.9. The summed E-state index contributed by atoms with van der Waals surface area (Å²) in [5.41, 5.74) is 1.50. The molecule has 0 saturated heterocycles. The van der Waals surface area contributed by atoms with Crippen LogP contribution in [-0.2, 0) is 21.2 Å². The van der Waals surface area contributed by atoms with Gasteiger partial charge in [-0.2, -0.15) is 14.0 Å². The van der Waals surface area contributed by atoms with E-state index in [0.29, 0.717) is 12.0 Å². The minimum atomic E-state index is -4.54. The van der Waals surface area contributed by atoms with Crippen LogP contribution in [-0.4, -0.2) is 6.10 Å². The summed E-state index contributed by atoms with van der Waals surface area (Å²) in [7, 11) is -4.54. The molecule has 0 radical (unpaired) electrons. The molecule has 0 N–H and O–H groups in total. The van der Waals surface area contributed by atoms with Gasteiger partial charge in [-0.25, -0.2) is 0 Å². The summed E-state index contributed by atoms with van der Waals surface area (Å²) < 4.78 is 42.2. The van der Waals surface area contributed by atoms with Gasteiger partial charge in [0, 0.05) is 12.5 Å². The Labute approximate surface area is 101 Å². The summed E-state index contributed by atoms with van der Waals surface area (Å²) in [6.07, 6.45) is 0.442. The summed E-state index contributed by atoms with van der Waals surface area (Å²) >= 11 is 0. The summed E-state index contributed by atoms with van der Waals surface area (Å²) in [6, 6.07) is 7.15. The van der Waals surface area contributed by atoms with E-state index in [9.17, 15) is 14.0 Å². The van der Waals surface area contributed by atoms with Crippen molar-refractivity contribution in [3.8, 4) is 0 Å². The summed E-state index contributed by atoms with van der Waals surface area (Å²) in [6.45, 7) is 3.23. The number of ether oxygens (including phenoxy) is 1. The molecule has 94 valence electrons. The van der Waals surface area contributed by atoms with Gasteiger partial charge >= 0.3 is 5.79 Å². The Morgan fingerprint density at radius 2 is 2.00 bits per heavy atom. The van der Waals surface area contributed by atoms with Gasteiger partial charge in [0.15, 0.2) is 0 Å². The first-order chi connectivity index (χ1) is 7.80. The average molecular weight is 261 g/mol. The van der Waals surface area contributed by atoms with Crippen LogP contribution in [0, 0.1) is 10.2 Å². The van der Waals surface area contributed by atoms with Gasteiger partial charge in [0.05, 0.1) is 16.3 Å². The lowest BCUT2D eigenvalue weighted by Crippen LogP contribution is -2.64. The van der Waals surface area contributed by atoms with Crippen molar-refractivity contribution in [2.45, 2.75) is 32.2 Å². The molecule has 0 amide bonds. The highest BCUT2D eigenvalue weighted by atomic mass is 35.7. The van der Waals surface area contributed by atoms with Gasteiger partial charge in [-0.15, -0.1) is 0 Å². The van der Waals surface area contributed by atoms with Crippen molar-refractivity contribution < 1.29 is 33.2 Å². The van der Waals surface area contributed by atoms with Gasteiger partial charge in [0.1, 0.15) is 4.29 Å². The van der Waals surface area contributed by atoms with Crippen LogP contribution in [0.2, 0.25) is 0 Å². The van der Waals surface area contributed by atoms with Crippen LogP contribution in [0.3, 0.4) is 0 Å². The number of halogens is 1. The fourth-order valence-electron chi connectivity index (χ4n) is 2.18. The van der Waals surface area contributed by atoms with Crippen LogP contribution in [0.15, 0.2) is 24.3 Å². The Morgan fingerprint density at radius 1 is 1.35 bits per heavy atom. The van der Waals surface area contributed by atoms with E-state index < -0.39 is 16.0 Å². The minimum Gasteiger partial charge on any atom is -0.331 e. The first-order valence-corrected chi connectivity index (χ1v) is 6.41. The largest absolute Gasteiger partial charge is 0.347 e. The quantitative estimate of drug-likeness (QED) is 0.662. The SMILES string of the molecule is CC1Cc2ccccc2C(C)(O[Cl+3]([O-])([O-])[O-])O1. The third-order valence-electron chi connectivity index (χ3n) is 2.68. The predicted molar refractivity (Wildman–Crippen MR) is 49.1 cm³/mol. The van der Waals surface area contributed by atoms with Crippen LogP contribution in [0.1, 0.15) is 25.0 Å². The Morgan fingerprint density at radius 3 is 2.65 bits per heavy atom. The van der Waals surface area contributed by atoms with Crippen LogP contribution in [0.25, 0.3) is 0 Å². The van der Waals surface area contributed by atoms with E-state index in [4.69, 9.17) is 4.74 Å². The lowest BCUT2D eigenvalue weighted by Gasteiger charge is -2.34. The Balaban J connectivity index is 2.41. The smallest absolute Gasteiger partial charge is 0.331 e. The topological polar surface area (TPSA) is 87.6 Å². The van der Waals surface area contributed by atoms with Gasteiger partial charge in [-0.1, -0.05) is 24.3 Å². The number of fused-ring (bicyclic) bond motifs is 1. The monoisotopic (exact) mass is 260 g/mol. The minimum absolute atomic E-state index is 0.216. The lowest BCUT2D eigenvalue weighted by molar-refractivity contribution is -1.92. The van der Waals surface area contributed by atoms with Crippen LogP contribution in [0.4, 0.5) is 0 Å². The molecular formula is C11H13ClO5. The van der Waals surface area contributed by atoms with Crippen molar-refractivity contribution in [2.75, 3.05) is 0 Å². The average Bonchev–Trinajstić information content (AvgIpc) is 2.13. The first kappa shape index (κ1) is 12.8. The molecule has 0 aliphatic carbocycles. The van der Waals surface area contributed by atoms with E-state index in [0.717, 1.165) is 5.56 Å². The second kappa shape index (κ2) is 4.20. The lowest BCUT2D eigenvalue weighted by atomic mass is 9.93. The van der Waals surface area contributed by atoms with Gasteiger partial charge < -0.3 is 4.74 Å². The Kier molecular flexibility index (Phi) is 3.15.